The average molecular weight is 312 g/mol. The second-order valence-corrected chi connectivity index (χ2v) is 6.34. The Morgan fingerprint density at radius 2 is 1.86 bits per heavy atom. The van der Waals surface area contributed by atoms with E-state index in [2.05, 4.69) is 4.72 Å². The van der Waals surface area contributed by atoms with Crippen LogP contribution in [0.4, 0.5) is 5.69 Å². The SMILES string of the molecule is CN1C(=O)c2ccc(NS(=O)(=O)CCC(=O)O)cc2C1=O. The van der Waals surface area contributed by atoms with Crippen LogP contribution in [0.3, 0.4) is 0 Å². The third kappa shape index (κ3) is 3.02. The first-order valence-electron chi connectivity index (χ1n) is 5.90. The fourth-order valence-corrected chi connectivity index (χ4v) is 2.91. The van der Waals surface area contributed by atoms with Gasteiger partial charge in [-0.2, -0.15) is 0 Å². The minimum Gasteiger partial charge on any atom is -0.481 e. The molecule has 0 bridgehead atoms. The number of carbonyl (C=O) groups is 3. The fourth-order valence-electron chi connectivity index (χ4n) is 1.88. The van der Waals surface area contributed by atoms with E-state index in [4.69, 9.17) is 5.11 Å². The number of carboxylic acid groups (broad SMARTS) is 1. The number of nitrogens with one attached hydrogen (secondary N) is 1. The van der Waals surface area contributed by atoms with Crippen molar-refractivity contribution in [2.24, 2.45) is 0 Å². The van der Waals surface area contributed by atoms with Gasteiger partial charge in [0.05, 0.1) is 23.3 Å². The number of imide groups is 1. The summed E-state index contributed by atoms with van der Waals surface area (Å²) in [4.78, 5) is 34.8. The number of amides is 2. The normalized spacial score (nSPS) is 14.2. The molecule has 8 nitrogen and oxygen atoms in total. The minimum atomic E-state index is -3.83. The number of sulfonamides is 1. The molecule has 0 radical (unpaired) electrons. The molecule has 0 fully saturated rings. The Bertz CT molecular complexity index is 740. The van der Waals surface area contributed by atoms with Crippen molar-refractivity contribution in [3.63, 3.8) is 0 Å². The quantitative estimate of drug-likeness (QED) is 0.745. The van der Waals surface area contributed by atoms with Crippen LogP contribution in [0.25, 0.3) is 0 Å². The van der Waals surface area contributed by atoms with Gasteiger partial charge < -0.3 is 5.11 Å². The van der Waals surface area contributed by atoms with Gasteiger partial charge in [0.25, 0.3) is 11.8 Å². The van der Waals surface area contributed by atoms with Crippen molar-refractivity contribution in [3.8, 4) is 0 Å². The largest absolute Gasteiger partial charge is 0.481 e. The van der Waals surface area contributed by atoms with Gasteiger partial charge in [0.15, 0.2) is 0 Å². The Morgan fingerprint density at radius 3 is 2.48 bits per heavy atom. The Labute approximate surface area is 120 Å². The molecule has 2 rings (SSSR count). The van der Waals surface area contributed by atoms with Gasteiger partial charge in [-0.15, -0.1) is 0 Å². The molecule has 1 aromatic rings. The summed E-state index contributed by atoms with van der Waals surface area (Å²) < 4.78 is 25.5. The Kier molecular flexibility index (Phi) is 3.69. The maximum absolute atomic E-state index is 11.8. The summed E-state index contributed by atoms with van der Waals surface area (Å²) in [7, 11) is -2.50. The number of carbonyl (C=O) groups excluding carboxylic acids is 2. The van der Waals surface area contributed by atoms with E-state index < -0.39 is 40.0 Å². The van der Waals surface area contributed by atoms with E-state index >= 15 is 0 Å². The summed E-state index contributed by atoms with van der Waals surface area (Å²) in [6.45, 7) is 0. The van der Waals surface area contributed by atoms with Crippen LogP contribution < -0.4 is 4.72 Å². The van der Waals surface area contributed by atoms with Crippen LogP contribution >= 0.6 is 0 Å². The minimum absolute atomic E-state index is 0.107. The number of aliphatic carboxylic acids is 1. The van der Waals surface area contributed by atoms with Gasteiger partial charge in [-0.05, 0) is 18.2 Å². The number of benzene rings is 1. The van der Waals surface area contributed by atoms with Crippen LogP contribution in [-0.4, -0.2) is 49.0 Å². The zero-order valence-corrected chi connectivity index (χ0v) is 11.8. The Hall–Kier alpha value is -2.42. The zero-order valence-electron chi connectivity index (χ0n) is 11.0. The van der Waals surface area contributed by atoms with Crippen molar-refractivity contribution in [2.75, 3.05) is 17.5 Å². The molecule has 0 aromatic heterocycles. The fraction of sp³-hybridized carbons (Fsp3) is 0.250. The van der Waals surface area contributed by atoms with Crippen molar-refractivity contribution in [1.82, 2.24) is 4.90 Å². The number of hydrogen-bond donors (Lipinski definition) is 2. The number of nitrogens with zero attached hydrogens (tertiary/aromatic N) is 1. The molecular weight excluding hydrogens is 300 g/mol. The van der Waals surface area contributed by atoms with Gasteiger partial charge in [-0.3, -0.25) is 24.0 Å². The highest BCUT2D eigenvalue weighted by Crippen LogP contribution is 2.25. The molecule has 0 spiro atoms. The lowest BCUT2D eigenvalue weighted by atomic mass is 10.1. The van der Waals surface area contributed by atoms with Crippen molar-refractivity contribution in [2.45, 2.75) is 6.42 Å². The third-order valence-corrected chi connectivity index (χ3v) is 4.24. The maximum Gasteiger partial charge on any atom is 0.304 e. The second kappa shape index (κ2) is 5.17. The molecule has 0 unspecified atom stereocenters. The second-order valence-electron chi connectivity index (χ2n) is 4.49. The first-order valence-corrected chi connectivity index (χ1v) is 7.55. The Balaban J connectivity index is 2.23. The van der Waals surface area contributed by atoms with Gasteiger partial charge in [-0.25, -0.2) is 8.42 Å². The number of fused-ring (bicyclic) bond motifs is 1. The van der Waals surface area contributed by atoms with Crippen LogP contribution in [0.5, 0.6) is 0 Å². The predicted octanol–water partition coefficient (Wildman–Crippen LogP) is 0.129. The van der Waals surface area contributed by atoms with Crippen molar-refractivity contribution in [1.29, 1.82) is 0 Å². The highest BCUT2D eigenvalue weighted by atomic mass is 32.2. The monoisotopic (exact) mass is 312 g/mol. The molecule has 112 valence electrons. The van der Waals surface area contributed by atoms with E-state index in [1.165, 1.54) is 25.2 Å². The van der Waals surface area contributed by atoms with Crippen LogP contribution in [0, 0.1) is 0 Å². The molecule has 21 heavy (non-hydrogen) atoms. The first-order chi connectivity index (χ1) is 9.71. The van der Waals surface area contributed by atoms with Crippen molar-refractivity contribution >= 4 is 33.5 Å². The topological polar surface area (TPSA) is 121 Å². The third-order valence-electron chi connectivity index (χ3n) is 2.95. The lowest BCUT2D eigenvalue weighted by Gasteiger charge is -2.07. The summed E-state index contributed by atoms with van der Waals surface area (Å²) in [6.07, 6.45) is -0.527. The van der Waals surface area contributed by atoms with E-state index in [-0.39, 0.29) is 16.8 Å². The van der Waals surface area contributed by atoms with E-state index in [0.717, 1.165) is 4.90 Å². The summed E-state index contributed by atoms with van der Waals surface area (Å²) >= 11 is 0. The lowest BCUT2D eigenvalue weighted by molar-refractivity contribution is -0.136. The molecule has 2 amide bonds. The summed E-state index contributed by atoms with van der Waals surface area (Å²) in [5.74, 6) is -2.76. The van der Waals surface area contributed by atoms with Gasteiger partial charge in [0, 0.05) is 12.7 Å². The maximum atomic E-state index is 11.8. The molecule has 1 aromatic carbocycles. The van der Waals surface area contributed by atoms with Crippen LogP contribution in [0.1, 0.15) is 27.1 Å². The van der Waals surface area contributed by atoms with E-state index in [9.17, 15) is 22.8 Å². The molecule has 0 aliphatic carbocycles. The molecule has 1 aliphatic heterocycles. The smallest absolute Gasteiger partial charge is 0.304 e. The van der Waals surface area contributed by atoms with Gasteiger partial charge in [-0.1, -0.05) is 0 Å². The number of carboxylic acids is 1. The zero-order chi connectivity index (χ0) is 15.8. The number of hydrogen-bond acceptors (Lipinski definition) is 5. The van der Waals surface area contributed by atoms with Crippen LogP contribution in [0.2, 0.25) is 0 Å². The van der Waals surface area contributed by atoms with Gasteiger partial charge in [0.2, 0.25) is 10.0 Å². The lowest BCUT2D eigenvalue weighted by Crippen LogP contribution is -2.24. The average Bonchev–Trinajstić information content (AvgIpc) is 2.61. The molecule has 0 saturated carbocycles. The Morgan fingerprint density at radius 1 is 1.24 bits per heavy atom. The van der Waals surface area contributed by atoms with E-state index in [1.54, 1.807) is 0 Å². The number of anilines is 1. The van der Waals surface area contributed by atoms with Crippen molar-refractivity contribution in [3.05, 3.63) is 29.3 Å². The molecule has 1 aliphatic rings. The van der Waals surface area contributed by atoms with E-state index in [0.29, 0.717) is 0 Å². The van der Waals surface area contributed by atoms with Crippen molar-refractivity contribution < 1.29 is 27.9 Å². The molecule has 1 heterocycles. The van der Waals surface area contributed by atoms with Crippen LogP contribution in [-0.2, 0) is 14.8 Å². The van der Waals surface area contributed by atoms with E-state index in [1.807, 2.05) is 0 Å². The summed E-state index contributed by atoms with van der Waals surface area (Å²) in [6, 6.07) is 3.97. The molecule has 0 saturated heterocycles. The standard InChI is InChI=1S/C12H12N2O6S/c1-14-11(17)8-3-2-7(6-9(8)12(14)18)13-21(19,20)5-4-10(15)16/h2-3,6,13H,4-5H2,1H3,(H,15,16). The molecular formula is C12H12N2O6S. The highest BCUT2D eigenvalue weighted by molar-refractivity contribution is 7.92. The summed E-state index contributed by atoms with van der Waals surface area (Å²) in [5, 5.41) is 8.48. The molecule has 2 N–H and O–H groups in total. The number of rotatable bonds is 5. The predicted molar refractivity (Wildman–Crippen MR) is 72.5 cm³/mol. The molecule has 9 heteroatoms. The summed E-state index contributed by atoms with van der Waals surface area (Å²) in [5.41, 5.74) is 0.424. The first kappa shape index (κ1) is 15.0. The molecule has 0 atom stereocenters. The highest BCUT2D eigenvalue weighted by Gasteiger charge is 2.32. The van der Waals surface area contributed by atoms with Gasteiger partial charge in [0.1, 0.15) is 0 Å². The van der Waals surface area contributed by atoms with Gasteiger partial charge >= 0.3 is 5.97 Å². The van der Waals surface area contributed by atoms with Crippen LogP contribution in [0.15, 0.2) is 18.2 Å².